The Hall–Kier alpha value is -1.55. The molecule has 3 nitrogen and oxygen atoms in total. The number of benzene rings is 1. The van der Waals surface area contributed by atoms with E-state index in [0.29, 0.717) is 5.75 Å². The standard InChI is InChI=1S/C20H29O3Si/c1-8-10-15-16(20(3,4)5)12-11-14-13(9-2)18(23-24(6)7)19(21)22-17(14)15/h11-12H,8-10H2,1-7H3. The van der Waals surface area contributed by atoms with Crippen molar-refractivity contribution in [3.63, 3.8) is 0 Å². The van der Waals surface area contributed by atoms with Gasteiger partial charge in [0.1, 0.15) is 5.58 Å². The third kappa shape index (κ3) is 3.58. The molecule has 0 atom stereocenters. The smallest absolute Gasteiger partial charge is 0.377 e. The van der Waals surface area contributed by atoms with Crippen molar-refractivity contribution in [3.8, 4) is 5.75 Å². The highest BCUT2D eigenvalue weighted by Crippen LogP contribution is 2.35. The lowest BCUT2D eigenvalue weighted by Crippen LogP contribution is -2.20. The topological polar surface area (TPSA) is 39.4 Å². The Balaban J connectivity index is 2.87. The summed E-state index contributed by atoms with van der Waals surface area (Å²) in [6.45, 7) is 14.9. The van der Waals surface area contributed by atoms with E-state index in [4.69, 9.17) is 8.84 Å². The number of aryl methyl sites for hydroxylation is 2. The van der Waals surface area contributed by atoms with Crippen LogP contribution in [0.3, 0.4) is 0 Å². The Bertz CT molecular complexity index is 782. The first-order valence-corrected chi connectivity index (χ1v) is 11.2. The van der Waals surface area contributed by atoms with Crippen LogP contribution in [0.15, 0.2) is 21.3 Å². The van der Waals surface area contributed by atoms with Gasteiger partial charge in [-0.2, -0.15) is 0 Å². The lowest BCUT2D eigenvalue weighted by atomic mass is 9.81. The summed E-state index contributed by atoms with van der Waals surface area (Å²) < 4.78 is 11.7. The third-order valence-electron chi connectivity index (χ3n) is 4.21. The zero-order valence-corrected chi connectivity index (χ0v) is 17.0. The molecule has 1 aromatic heterocycles. The summed E-state index contributed by atoms with van der Waals surface area (Å²) in [7, 11) is -1.02. The van der Waals surface area contributed by atoms with Crippen LogP contribution in [0.25, 0.3) is 11.0 Å². The van der Waals surface area contributed by atoms with E-state index in [-0.39, 0.29) is 11.0 Å². The first-order valence-electron chi connectivity index (χ1n) is 8.80. The van der Waals surface area contributed by atoms with E-state index >= 15 is 0 Å². The summed E-state index contributed by atoms with van der Waals surface area (Å²) in [5.41, 5.74) is 3.83. The molecule has 2 aromatic rings. The minimum absolute atomic E-state index is 0.0157. The summed E-state index contributed by atoms with van der Waals surface area (Å²) >= 11 is 0. The first kappa shape index (κ1) is 18.8. The fourth-order valence-electron chi connectivity index (χ4n) is 3.23. The number of hydrogen-bond acceptors (Lipinski definition) is 3. The molecule has 1 heterocycles. The molecule has 4 heteroatoms. The SMILES string of the molecule is CCCc1c(C(C)(C)C)ccc2c(CC)c(O[Si](C)C)c(=O)oc12. The molecule has 0 unspecified atom stereocenters. The van der Waals surface area contributed by atoms with Gasteiger partial charge in [0.05, 0.1) is 0 Å². The van der Waals surface area contributed by atoms with Crippen molar-refractivity contribution < 1.29 is 8.84 Å². The largest absolute Gasteiger partial charge is 0.538 e. The van der Waals surface area contributed by atoms with E-state index in [1.54, 1.807) is 0 Å². The second kappa shape index (κ2) is 7.14. The van der Waals surface area contributed by atoms with Crippen LogP contribution in [-0.2, 0) is 18.3 Å². The van der Waals surface area contributed by atoms with E-state index in [9.17, 15) is 4.79 Å². The second-order valence-corrected chi connectivity index (χ2v) is 9.55. The summed E-state index contributed by atoms with van der Waals surface area (Å²) in [5.74, 6) is 0.412. The lowest BCUT2D eigenvalue weighted by Gasteiger charge is -2.24. The van der Waals surface area contributed by atoms with Gasteiger partial charge in [0.25, 0.3) is 9.04 Å². The third-order valence-corrected chi connectivity index (χ3v) is 4.82. The highest BCUT2D eigenvalue weighted by molar-refractivity contribution is 6.49. The van der Waals surface area contributed by atoms with Crippen molar-refractivity contribution in [2.75, 3.05) is 0 Å². The molecule has 0 aliphatic rings. The molecule has 0 N–H and O–H groups in total. The van der Waals surface area contributed by atoms with Crippen LogP contribution in [0.5, 0.6) is 5.75 Å². The van der Waals surface area contributed by atoms with E-state index in [0.717, 1.165) is 35.8 Å². The van der Waals surface area contributed by atoms with Crippen LogP contribution in [0, 0.1) is 0 Å². The van der Waals surface area contributed by atoms with Crippen molar-refractivity contribution in [1.29, 1.82) is 0 Å². The zero-order chi connectivity index (χ0) is 18.1. The normalized spacial score (nSPS) is 12.2. The van der Waals surface area contributed by atoms with Crippen molar-refractivity contribution in [2.24, 2.45) is 0 Å². The summed E-state index contributed by atoms with van der Waals surface area (Å²) in [6, 6.07) is 4.29. The molecule has 2 rings (SSSR count). The maximum absolute atomic E-state index is 12.6. The fraction of sp³-hybridized carbons (Fsp3) is 0.550. The fourth-order valence-corrected chi connectivity index (χ4v) is 3.84. The van der Waals surface area contributed by atoms with Crippen LogP contribution in [0.4, 0.5) is 0 Å². The summed E-state index contributed by atoms with van der Waals surface area (Å²) in [4.78, 5) is 12.6. The van der Waals surface area contributed by atoms with Gasteiger partial charge >= 0.3 is 5.63 Å². The highest BCUT2D eigenvalue weighted by Gasteiger charge is 2.24. The summed E-state index contributed by atoms with van der Waals surface area (Å²) in [6.07, 6.45) is 2.68. The number of rotatable bonds is 5. The monoisotopic (exact) mass is 345 g/mol. The van der Waals surface area contributed by atoms with Gasteiger partial charge in [-0.3, -0.25) is 0 Å². The average Bonchev–Trinajstić information content (AvgIpc) is 2.47. The van der Waals surface area contributed by atoms with Crippen molar-refractivity contribution >= 4 is 20.0 Å². The van der Waals surface area contributed by atoms with Gasteiger partial charge in [-0.15, -0.1) is 0 Å². The first-order chi connectivity index (χ1) is 11.2. The van der Waals surface area contributed by atoms with Crippen LogP contribution in [-0.4, -0.2) is 9.04 Å². The average molecular weight is 346 g/mol. The van der Waals surface area contributed by atoms with Gasteiger partial charge in [0.2, 0.25) is 0 Å². The van der Waals surface area contributed by atoms with Crippen molar-refractivity contribution in [1.82, 2.24) is 0 Å². The Morgan fingerprint density at radius 3 is 2.29 bits per heavy atom. The van der Waals surface area contributed by atoms with E-state index in [1.807, 2.05) is 13.1 Å². The van der Waals surface area contributed by atoms with E-state index in [1.165, 1.54) is 11.1 Å². The molecule has 0 aliphatic carbocycles. The van der Waals surface area contributed by atoms with Gasteiger partial charge in [-0.05, 0) is 42.5 Å². The quantitative estimate of drug-likeness (QED) is 0.550. The van der Waals surface area contributed by atoms with Gasteiger partial charge in [0.15, 0.2) is 5.75 Å². The van der Waals surface area contributed by atoms with E-state index in [2.05, 4.69) is 46.8 Å². The molecule has 1 aromatic carbocycles. The molecular weight excluding hydrogens is 316 g/mol. The van der Waals surface area contributed by atoms with Gasteiger partial charge in [-0.25, -0.2) is 4.79 Å². The summed E-state index contributed by atoms with van der Waals surface area (Å²) in [5, 5.41) is 1.02. The Morgan fingerprint density at radius 1 is 1.12 bits per heavy atom. The van der Waals surface area contributed by atoms with Gasteiger partial charge in [0, 0.05) is 10.9 Å². The van der Waals surface area contributed by atoms with Gasteiger partial charge in [-0.1, -0.05) is 53.2 Å². The van der Waals surface area contributed by atoms with Crippen molar-refractivity contribution in [3.05, 3.63) is 39.2 Å². The molecule has 0 amide bonds. The molecular formula is C20H29O3Si. The molecule has 0 bridgehead atoms. The van der Waals surface area contributed by atoms with Crippen LogP contribution >= 0.6 is 0 Å². The van der Waals surface area contributed by atoms with Crippen LogP contribution in [0.1, 0.15) is 57.7 Å². The molecule has 0 saturated heterocycles. The van der Waals surface area contributed by atoms with Crippen LogP contribution in [0.2, 0.25) is 13.1 Å². The molecule has 0 spiro atoms. The molecule has 24 heavy (non-hydrogen) atoms. The Kier molecular flexibility index (Phi) is 5.58. The second-order valence-electron chi connectivity index (χ2n) is 7.53. The molecule has 0 fully saturated rings. The minimum Gasteiger partial charge on any atom is -0.538 e. The highest BCUT2D eigenvalue weighted by atomic mass is 28.3. The molecule has 0 aliphatic heterocycles. The van der Waals surface area contributed by atoms with Crippen LogP contribution < -0.4 is 10.1 Å². The predicted molar refractivity (Wildman–Crippen MR) is 103 cm³/mol. The minimum atomic E-state index is -1.02. The Labute approximate surface area is 146 Å². The maximum Gasteiger partial charge on any atom is 0.377 e. The maximum atomic E-state index is 12.6. The van der Waals surface area contributed by atoms with Crippen molar-refractivity contribution in [2.45, 2.75) is 72.4 Å². The number of hydrogen-bond donors (Lipinski definition) is 0. The molecule has 0 saturated carbocycles. The number of fused-ring (bicyclic) bond motifs is 1. The van der Waals surface area contributed by atoms with E-state index < -0.39 is 9.04 Å². The molecule has 1 radical (unpaired) electrons. The molecule has 131 valence electrons. The zero-order valence-electron chi connectivity index (χ0n) is 16.0. The Morgan fingerprint density at radius 2 is 1.79 bits per heavy atom. The van der Waals surface area contributed by atoms with Gasteiger partial charge < -0.3 is 8.84 Å². The lowest BCUT2D eigenvalue weighted by molar-refractivity contribution is 0.482. The predicted octanol–water partition coefficient (Wildman–Crippen LogP) is 5.24.